The Balaban J connectivity index is 0.00000338. The summed E-state index contributed by atoms with van der Waals surface area (Å²) in [5.41, 5.74) is 2.60. The number of aryl methyl sites for hydroxylation is 1. The molecular formula is C20H33IN4O. The van der Waals surface area contributed by atoms with Gasteiger partial charge in [-0.15, -0.1) is 24.0 Å². The molecule has 0 saturated carbocycles. The second-order valence-electron chi connectivity index (χ2n) is 7.07. The highest BCUT2D eigenvalue weighted by Gasteiger charge is 2.27. The molecule has 1 aromatic rings. The lowest BCUT2D eigenvalue weighted by Crippen LogP contribution is -2.45. The van der Waals surface area contributed by atoms with Crippen molar-refractivity contribution in [3.8, 4) is 0 Å². The third-order valence-electron chi connectivity index (χ3n) is 4.43. The first kappa shape index (κ1) is 22.7. The number of nitrogens with one attached hydrogen (secondary N) is 2. The molecule has 0 aromatic heterocycles. The molecule has 1 aromatic carbocycles. The first-order valence-electron chi connectivity index (χ1n) is 9.38. The van der Waals surface area contributed by atoms with Crippen LogP contribution in [0, 0.1) is 12.8 Å². The van der Waals surface area contributed by atoms with Crippen molar-refractivity contribution in [1.82, 2.24) is 15.5 Å². The standard InChI is InChI=1S/C20H32N4O.HI/c1-5-21-20(22-11-9-17-8-6-7-16(4)13-17)23-18-10-12-24(14-18)19(25)15(2)3;/h6-8,13,15,18H,5,9-12,14H2,1-4H3,(H2,21,22,23);1H. The molecule has 1 saturated heterocycles. The zero-order valence-corrected chi connectivity index (χ0v) is 18.7. The number of likely N-dealkylation sites (tertiary alicyclic amines) is 1. The number of rotatable bonds is 6. The number of carbonyl (C=O) groups is 1. The summed E-state index contributed by atoms with van der Waals surface area (Å²) in [6, 6.07) is 8.84. The van der Waals surface area contributed by atoms with E-state index in [1.807, 2.05) is 18.7 Å². The van der Waals surface area contributed by atoms with Crippen molar-refractivity contribution in [3.05, 3.63) is 35.4 Å². The summed E-state index contributed by atoms with van der Waals surface area (Å²) >= 11 is 0. The Bertz CT molecular complexity index is 603. The van der Waals surface area contributed by atoms with Gasteiger partial charge in [-0.3, -0.25) is 9.79 Å². The largest absolute Gasteiger partial charge is 0.357 e. The summed E-state index contributed by atoms with van der Waals surface area (Å²) < 4.78 is 0. The monoisotopic (exact) mass is 472 g/mol. The quantitative estimate of drug-likeness (QED) is 0.380. The number of hydrogen-bond donors (Lipinski definition) is 2. The molecule has 0 aliphatic carbocycles. The molecule has 26 heavy (non-hydrogen) atoms. The van der Waals surface area contributed by atoms with E-state index in [0.717, 1.165) is 45.0 Å². The lowest BCUT2D eigenvalue weighted by atomic mass is 10.1. The van der Waals surface area contributed by atoms with Gasteiger partial charge in [-0.25, -0.2) is 0 Å². The second kappa shape index (κ2) is 11.4. The topological polar surface area (TPSA) is 56.7 Å². The Kier molecular flexibility index (Phi) is 9.98. The Hall–Kier alpha value is -1.31. The number of halogens is 1. The Morgan fingerprint density at radius 1 is 1.38 bits per heavy atom. The van der Waals surface area contributed by atoms with Gasteiger partial charge in [-0.2, -0.15) is 0 Å². The van der Waals surface area contributed by atoms with Crippen LogP contribution in [0.1, 0.15) is 38.3 Å². The van der Waals surface area contributed by atoms with Gasteiger partial charge < -0.3 is 15.5 Å². The third kappa shape index (κ3) is 7.13. The van der Waals surface area contributed by atoms with Crippen molar-refractivity contribution in [2.75, 3.05) is 26.2 Å². The van der Waals surface area contributed by atoms with Crippen LogP contribution < -0.4 is 10.6 Å². The molecule has 1 unspecified atom stereocenters. The van der Waals surface area contributed by atoms with Crippen LogP contribution in [0.2, 0.25) is 0 Å². The van der Waals surface area contributed by atoms with Crippen molar-refractivity contribution in [2.24, 2.45) is 10.9 Å². The van der Waals surface area contributed by atoms with Crippen molar-refractivity contribution in [3.63, 3.8) is 0 Å². The van der Waals surface area contributed by atoms with E-state index in [-0.39, 0.29) is 41.8 Å². The van der Waals surface area contributed by atoms with E-state index in [2.05, 4.69) is 48.7 Å². The molecule has 0 spiro atoms. The molecule has 2 N–H and O–H groups in total. The number of carbonyl (C=O) groups excluding carboxylic acids is 1. The molecule has 5 nitrogen and oxygen atoms in total. The fourth-order valence-electron chi connectivity index (χ4n) is 3.12. The van der Waals surface area contributed by atoms with E-state index in [0.29, 0.717) is 0 Å². The fourth-order valence-corrected chi connectivity index (χ4v) is 3.12. The van der Waals surface area contributed by atoms with Gasteiger partial charge in [0, 0.05) is 38.1 Å². The predicted octanol–water partition coefficient (Wildman–Crippen LogP) is 2.97. The van der Waals surface area contributed by atoms with Crippen LogP contribution in [0.15, 0.2) is 29.3 Å². The zero-order valence-electron chi connectivity index (χ0n) is 16.4. The van der Waals surface area contributed by atoms with Crippen molar-refractivity contribution >= 4 is 35.8 Å². The van der Waals surface area contributed by atoms with E-state index in [9.17, 15) is 4.79 Å². The van der Waals surface area contributed by atoms with Crippen LogP contribution in [-0.4, -0.2) is 49.0 Å². The van der Waals surface area contributed by atoms with Gasteiger partial charge in [0.15, 0.2) is 5.96 Å². The molecule has 0 radical (unpaired) electrons. The third-order valence-corrected chi connectivity index (χ3v) is 4.43. The highest BCUT2D eigenvalue weighted by atomic mass is 127. The smallest absolute Gasteiger partial charge is 0.225 e. The number of hydrogen-bond acceptors (Lipinski definition) is 2. The van der Waals surface area contributed by atoms with E-state index in [4.69, 9.17) is 4.99 Å². The molecule has 0 bridgehead atoms. The molecule has 6 heteroatoms. The van der Waals surface area contributed by atoms with Gasteiger partial charge in [0.2, 0.25) is 5.91 Å². The summed E-state index contributed by atoms with van der Waals surface area (Å²) in [6.07, 6.45) is 1.90. The number of guanidine groups is 1. The molecule has 1 amide bonds. The summed E-state index contributed by atoms with van der Waals surface area (Å²) in [4.78, 5) is 18.8. The van der Waals surface area contributed by atoms with Gasteiger partial charge in [-0.1, -0.05) is 43.7 Å². The average molecular weight is 472 g/mol. The minimum Gasteiger partial charge on any atom is -0.357 e. The normalized spacial score (nSPS) is 17.2. The van der Waals surface area contributed by atoms with Crippen molar-refractivity contribution in [2.45, 2.75) is 46.6 Å². The van der Waals surface area contributed by atoms with Crippen LogP contribution in [0.25, 0.3) is 0 Å². The minimum absolute atomic E-state index is 0. The molecule has 1 aliphatic rings. The van der Waals surface area contributed by atoms with E-state index >= 15 is 0 Å². The Morgan fingerprint density at radius 3 is 2.81 bits per heavy atom. The highest BCUT2D eigenvalue weighted by molar-refractivity contribution is 14.0. The van der Waals surface area contributed by atoms with E-state index < -0.39 is 0 Å². The molecule has 1 aliphatic heterocycles. The Labute approximate surface area is 175 Å². The zero-order chi connectivity index (χ0) is 18.2. The maximum atomic E-state index is 12.1. The van der Waals surface area contributed by atoms with Gasteiger partial charge in [-0.05, 0) is 32.3 Å². The molecule has 1 atom stereocenters. The van der Waals surface area contributed by atoms with Gasteiger partial charge in [0.05, 0.1) is 0 Å². The maximum Gasteiger partial charge on any atom is 0.225 e. The lowest BCUT2D eigenvalue weighted by Gasteiger charge is -2.20. The van der Waals surface area contributed by atoms with Gasteiger partial charge in [0.1, 0.15) is 0 Å². The van der Waals surface area contributed by atoms with Crippen LogP contribution in [0.5, 0.6) is 0 Å². The maximum absolute atomic E-state index is 12.1. The SMILES string of the molecule is CCNC(=NCCc1cccc(C)c1)NC1CCN(C(=O)C(C)C)C1.I. The van der Waals surface area contributed by atoms with Crippen LogP contribution >= 0.6 is 24.0 Å². The number of nitrogens with zero attached hydrogens (tertiary/aromatic N) is 2. The number of aliphatic imine (C=N–C) groups is 1. The molecule has 146 valence electrons. The lowest BCUT2D eigenvalue weighted by molar-refractivity contribution is -0.133. The summed E-state index contributed by atoms with van der Waals surface area (Å²) in [6.45, 7) is 11.3. The van der Waals surface area contributed by atoms with Crippen molar-refractivity contribution in [1.29, 1.82) is 0 Å². The highest BCUT2D eigenvalue weighted by Crippen LogP contribution is 2.12. The van der Waals surface area contributed by atoms with E-state index in [1.165, 1.54) is 11.1 Å². The Morgan fingerprint density at radius 2 is 2.15 bits per heavy atom. The molecule has 1 fully saturated rings. The number of amides is 1. The second-order valence-corrected chi connectivity index (χ2v) is 7.07. The molecule has 2 rings (SSSR count). The van der Waals surface area contributed by atoms with Gasteiger partial charge in [0.25, 0.3) is 0 Å². The summed E-state index contributed by atoms with van der Waals surface area (Å²) in [5.74, 6) is 1.15. The fraction of sp³-hybridized carbons (Fsp3) is 0.600. The average Bonchev–Trinajstić information content (AvgIpc) is 3.02. The molecule has 1 heterocycles. The number of benzene rings is 1. The first-order valence-corrected chi connectivity index (χ1v) is 9.38. The summed E-state index contributed by atoms with van der Waals surface area (Å²) in [7, 11) is 0. The minimum atomic E-state index is 0. The van der Waals surface area contributed by atoms with Crippen LogP contribution in [0.4, 0.5) is 0 Å². The first-order chi connectivity index (χ1) is 12.0. The van der Waals surface area contributed by atoms with Crippen molar-refractivity contribution < 1.29 is 4.79 Å². The molecular weight excluding hydrogens is 439 g/mol. The van der Waals surface area contributed by atoms with Crippen LogP contribution in [0.3, 0.4) is 0 Å². The van der Waals surface area contributed by atoms with Gasteiger partial charge >= 0.3 is 0 Å². The van der Waals surface area contributed by atoms with E-state index in [1.54, 1.807) is 0 Å². The summed E-state index contributed by atoms with van der Waals surface area (Å²) in [5, 5.41) is 6.79. The van der Waals surface area contributed by atoms with Crippen LogP contribution in [-0.2, 0) is 11.2 Å². The predicted molar refractivity (Wildman–Crippen MR) is 119 cm³/mol.